The second-order valence-corrected chi connectivity index (χ2v) is 16.3. The summed E-state index contributed by atoms with van der Waals surface area (Å²) in [6.07, 6.45) is -0.223. The number of para-hydroxylation sites is 1. The van der Waals surface area contributed by atoms with Gasteiger partial charge in [-0.05, 0) is 73.5 Å². The Morgan fingerprint density at radius 1 is 0.491 bits per heavy atom. The van der Waals surface area contributed by atoms with Crippen LogP contribution in [-0.2, 0) is 10.8 Å². The molecule has 2 aliphatic carbocycles. The predicted octanol–water partition coefficient (Wildman–Crippen LogP) is 12.6. The minimum Gasteiger partial charge on any atom is -0.345 e. The average Bonchev–Trinajstić information content (AvgIpc) is 3.84. The summed E-state index contributed by atoms with van der Waals surface area (Å²) in [6.45, 7) is 4.69. The van der Waals surface area contributed by atoms with Crippen LogP contribution in [0.4, 0.5) is 0 Å². The van der Waals surface area contributed by atoms with Crippen LogP contribution in [-0.4, -0.2) is 10.4 Å². The normalized spacial score (nSPS) is 17.2. The summed E-state index contributed by atoms with van der Waals surface area (Å²) in [4.78, 5) is 5.77. The Kier molecular flexibility index (Phi) is 6.67. The predicted molar refractivity (Wildman–Crippen MR) is 236 cm³/mol. The first-order chi connectivity index (χ1) is 28.0. The molecule has 1 unspecified atom stereocenters. The minimum atomic E-state index is -0.500. The number of nitrogens with one attached hydrogen (secondary N) is 1. The lowest BCUT2D eigenvalue weighted by molar-refractivity contribution is 0.584. The van der Waals surface area contributed by atoms with Crippen LogP contribution in [0.5, 0.6) is 0 Å². The van der Waals surface area contributed by atoms with E-state index in [4.69, 9.17) is 4.99 Å². The molecule has 9 aromatic rings. The Balaban J connectivity index is 1.16. The van der Waals surface area contributed by atoms with E-state index in [0.29, 0.717) is 0 Å². The highest BCUT2D eigenvalue weighted by Gasteiger charge is 2.48. The minimum absolute atomic E-state index is 0.223. The lowest BCUT2D eigenvalue weighted by Gasteiger charge is -2.34. The van der Waals surface area contributed by atoms with Crippen LogP contribution in [0.2, 0.25) is 0 Å². The Labute approximate surface area is 332 Å². The molecular formula is C54H39N3. The maximum atomic E-state index is 5.77. The molecule has 1 aliphatic heterocycles. The number of aliphatic imine (C=N–C) groups is 1. The molecule has 270 valence electrons. The van der Waals surface area contributed by atoms with Gasteiger partial charge in [0.15, 0.2) is 0 Å². The molecule has 0 bridgehead atoms. The highest BCUT2D eigenvalue weighted by molar-refractivity contribution is 6.15. The molecule has 0 saturated heterocycles. The Morgan fingerprint density at radius 2 is 1.07 bits per heavy atom. The van der Waals surface area contributed by atoms with Crippen LogP contribution < -0.4 is 5.32 Å². The summed E-state index contributed by atoms with van der Waals surface area (Å²) in [5.41, 5.74) is 15.2. The van der Waals surface area contributed by atoms with Crippen molar-refractivity contribution in [2.24, 2.45) is 4.99 Å². The van der Waals surface area contributed by atoms with Crippen molar-refractivity contribution < 1.29 is 0 Å². The van der Waals surface area contributed by atoms with Gasteiger partial charge in [-0.15, -0.1) is 0 Å². The van der Waals surface area contributed by atoms with E-state index in [0.717, 1.165) is 17.1 Å². The van der Waals surface area contributed by atoms with Crippen LogP contribution in [0.25, 0.3) is 49.3 Å². The topological polar surface area (TPSA) is 29.3 Å². The van der Waals surface area contributed by atoms with Crippen LogP contribution in [0.3, 0.4) is 0 Å². The van der Waals surface area contributed by atoms with Gasteiger partial charge in [0.25, 0.3) is 0 Å². The standard InChI is InChI=1S/C54H39N3/c1-53(2)43-28-14-11-25-39(43)49-50(53)55-51(56-52(49)57-46-31-16-13-24-38(46)42-32-34-18-9-10-19-35(34)33-47(42)57)41-27-17-30-45-48(41)40-26-12-15-29-44(40)54(45,36-20-5-3-6-21-36)37-22-7-4-8-23-37/h3-33,52H,1-2H3,(H,55,56). The lowest BCUT2D eigenvalue weighted by Crippen LogP contribution is -2.38. The molecule has 0 radical (unpaired) electrons. The number of hydrogen-bond acceptors (Lipinski definition) is 2. The molecule has 12 rings (SSSR count). The number of allylic oxidation sites excluding steroid dienone is 1. The molecule has 1 atom stereocenters. The molecule has 3 heteroatoms. The summed E-state index contributed by atoms with van der Waals surface area (Å²) >= 11 is 0. The summed E-state index contributed by atoms with van der Waals surface area (Å²) in [7, 11) is 0. The fourth-order valence-electron chi connectivity index (χ4n) is 10.7. The fourth-order valence-corrected chi connectivity index (χ4v) is 10.7. The summed E-state index contributed by atoms with van der Waals surface area (Å²) in [6, 6.07) is 69.3. The summed E-state index contributed by atoms with van der Waals surface area (Å²) in [5, 5.41) is 9.17. The van der Waals surface area contributed by atoms with Crippen LogP contribution in [0.1, 0.15) is 59.0 Å². The van der Waals surface area contributed by atoms with E-state index in [9.17, 15) is 0 Å². The van der Waals surface area contributed by atoms with E-state index in [1.165, 1.54) is 82.7 Å². The molecule has 8 aromatic carbocycles. The van der Waals surface area contributed by atoms with Gasteiger partial charge in [-0.1, -0.05) is 184 Å². The Hall–Kier alpha value is -6.97. The smallest absolute Gasteiger partial charge is 0.136 e. The molecule has 57 heavy (non-hydrogen) atoms. The van der Waals surface area contributed by atoms with E-state index >= 15 is 0 Å². The number of hydrogen-bond donors (Lipinski definition) is 1. The number of fused-ring (bicyclic) bond motifs is 9. The fraction of sp³-hybridized carbons (Fsp3) is 0.0926. The van der Waals surface area contributed by atoms with Gasteiger partial charge in [-0.25, -0.2) is 4.99 Å². The van der Waals surface area contributed by atoms with E-state index in [2.05, 4.69) is 212 Å². The monoisotopic (exact) mass is 729 g/mol. The molecule has 0 fully saturated rings. The van der Waals surface area contributed by atoms with Crippen molar-refractivity contribution in [2.75, 3.05) is 0 Å². The van der Waals surface area contributed by atoms with Crippen LogP contribution in [0.15, 0.2) is 199 Å². The SMILES string of the molecule is CC1(C)C2=C(c3ccccc31)C(n1c3ccccc3c3cc4ccccc4cc31)NC(c1cccc3c1-c1ccccc1C3(c1ccccc1)c1ccccc1)=N2. The van der Waals surface area contributed by atoms with Crippen molar-refractivity contribution in [1.29, 1.82) is 0 Å². The van der Waals surface area contributed by atoms with Crippen LogP contribution >= 0.6 is 0 Å². The third-order valence-electron chi connectivity index (χ3n) is 13.1. The van der Waals surface area contributed by atoms with Gasteiger partial charge in [0.1, 0.15) is 12.0 Å². The largest absolute Gasteiger partial charge is 0.345 e. The summed E-state index contributed by atoms with van der Waals surface area (Å²) in [5.74, 6) is 0.898. The maximum Gasteiger partial charge on any atom is 0.136 e. The number of benzene rings is 8. The first kappa shape index (κ1) is 32.3. The maximum absolute atomic E-state index is 5.77. The highest BCUT2D eigenvalue weighted by Crippen LogP contribution is 2.58. The molecule has 3 nitrogen and oxygen atoms in total. The summed E-state index contributed by atoms with van der Waals surface area (Å²) < 4.78 is 2.55. The third kappa shape index (κ3) is 4.29. The second kappa shape index (κ2) is 11.8. The molecule has 0 saturated carbocycles. The molecule has 3 aliphatic rings. The van der Waals surface area contributed by atoms with Gasteiger partial charge in [0, 0.05) is 27.3 Å². The number of rotatable bonds is 4. The van der Waals surface area contributed by atoms with E-state index in [-0.39, 0.29) is 11.6 Å². The molecule has 1 N–H and O–H groups in total. The first-order valence-corrected chi connectivity index (χ1v) is 20.0. The Bertz CT molecular complexity index is 3140. The number of amidine groups is 1. The molecule has 0 amide bonds. The Morgan fingerprint density at radius 3 is 1.82 bits per heavy atom. The van der Waals surface area contributed by atoms with Crippen molar-refractivity contribution in [1.82, 2.24) is 9.88 Å². The molecule has 2 heterocycles. The van der Waals surface area contributed by atoms with Gasteiger partial charge in [0.2, 0.25) is 0 Å². The zero-order valence-corrected chi connectivity index (χ0v) is 31.9. The van der Waals surface area contributed by atoms with Crippen molar-refractivity contribution in [3.63, 3.8) is 0 Å². The van der Waals surface area contributed by atoms with Gasteiger partial charge < -0.3 is 9.88 Å². The van der Waals surface area contributed by atoms with Crippen molar-refractivity contribution in [2.45, 2.75) is 30.8 Å². The van der Waals surface area contributed by atoms with Crippen LogP contribution in [0, 0.1) is 0 Å². The van der Waals surface area contributed by atoms with Crippen molar-refractivity contribution in [3.05, 3.63) is 233 Å². The second-order valence-electron chi connectivity index (χ2n) is 16.3. The van der Waals surface area contributed by atoms with E-state index in [1.54, 1.807) is 0 Å². The zero-order chi connectivity index (χ0) is 37.9. The average molecular weight is 730 g/mol. The number of aromatic nitrogens is 1. The molecule has 0 spiro atoms. The van der Waals surface area contributed by atoms with E-state index in [1.807, 2.05) is 0 Å². The quantitative estimate of drug-likeness (QED) is 0.192. The third-order valence-corrected chi connectivity index (χ3v) is 13.1. The van der Waals surface area contributed by atoms with Gasteiger partial charge in [-0.3, -0.25) is 0 Å². The molecule has 1 aromatic heterocycles. The van der Waals surface area contributed by atoms with Crippen molar-refractivity contribution >= 4 is 44.0 Å². The zero-order valence-electron chi connectivity index (χ0n) is 31.9. The number of nitrogens with zero attached hydrogens (tertiary/aromatic N) is 2. The van der Waals surface area contributed by atoms with Gasteiger partial charge >= 0.3 is 0 Å². The van der Waals surface area contributed by atoms with E-state index < -0.39 is 5.41 Å². The lowest BCUT2D eigenvalue weighted by atomic mass is 9.67. The first-order valence-electron chi connectivity index (χ1n) is 20.0. The highest BCUT2D eigenvalue weighted by atomic mass is 15.2. The van der Waals surface area contributed by atoms with Gasteiger partial charge in [-0.2, -0.15) is 0 Å². The van der Waals surface area contributed by atoms with Gasteiger partial charge in [0.05, 0.1) is 22.1 Å². The molecular weight excluding hydrogens is 691 g/mol. The van der Waals surface area contributed by atoms with Crippen molar-refractivity contribution in [3.8, 4) is 11.1 Å².